The Labute approximate surface area is 218 Å². The predicted octanol–water partition coefficient (Wildman–Crippen LogP) is 1.45. The van der Waals surface area contributed by atoms with Crippen molar-refractivity contribution < 1.29 is 72.5 Å². The van der Waals surface area contributed by atoms with Crippen LogP contribution in [-0.4, -0.2) is 48.3 Å². The Morgan fingerprint density at radius 3 is 1.69 bits per heavy atom. The maximum absolute atomic E-state index is 12.2. The molecule has 0 aliphatic carbocycles. The molecule has 0 aromatic carbocycles. The Morgan fingerprint density at radius 1 is 0.938 bits per heavy atom. The van der Waals surface area contributed by atoms with Gasteiger partial charge in [0.25, 0.3) is 10.1 Å². The molecule has 9 nitrogen and oxygen atoms in total. The number of hydrogen-bond acceptors (Lipinski definition) is 7. The Bertz CT molecular complexity index is 608. The van der Waals surface area contributed by atoms with Crippen LogP contribution in [0, 0.1) is 11.8 Å². The molecule has 3 atom stereocenters. The second-order valence-corrected chi connectivity index (χ2v) is 9.20. The Balaban J connectivity index is -0.000000793. The van der Waals surface area contributed by atoms with E-state index in [9.17, 15) is 22.6 Å². The number of ether oxygens (including phenoxy) is 2. The SMILES string of the molecule is CCCCC(CC)COC(=O)CC(C(=O)OCC(CC)CCCC)S(=O)(=O)O.O=PO.[H-].[Na+]. The molecule has 0 aromatic rings. The molecule has 0 rings (SSSR count). The third kappa shape index (κ3) is 19.4. The summed E-state index contributed by atoms with van der Waals surface area (Å²) in [6.07, 6.45) is 6.74. The molecule has 0 fully saturated rings. The molecule has 3 unspecified atom stereocenters. The minimum atomic E-state index is -4.76. The summed E-state index contributed by atoms with van der Waals surface area (Å²) in [6, 6.07) is 0. The zero-order chi connectivity index (χ0) is 24.3. The van der Waals surface area contributed by atoms with Crippen LogP contribution in [0.15, 0.2) is 0 Å². The van der Waals surface area contributed by atoms with E-state index in [1.54, 1.807) is 0 Å². The number of hydrogen-bond donors (Lipinski definition) is 2. The molecule has 186 valence electrons. The largest absolute Gasteiger partial charge is 1.00 e. The van der Waals surface area contributed by atoms with Crippen molar-refractivity contribution in [2.24, 2.45) is 11.8 Å². The summed E-state index contributed by atoms with van der Waals surface area (Å²) in [6.45, 7) is 8.35. The third-order valence-electron chi connectivity index (χ3n) is 5.00. The molecule has 32 heavy (non-hydrogen) atoms. The number of esters is 2. The van der Waals surface area contributed by atoms with Gasteiger partial charge in [-0.3, -0.25) is 14.1 Å². The van der Waals surface area contributed by atoms with E-state index in [1.807, 2.05) is 13.8 Å². The number of rotatable bonds is 16. The van der Waals surface area contributed by atoms with Crippen LogP contribution < -0.4 is 29.6 Å². The van der Waals surface area contributed by atoms with Crippen LogP contribution in [0.4, 0.5) is 0 Å². The number of carbonyl (C=O) groups is 2. The topological polar surface area (TPSA) is 144 Å². The fourth-order valence-corrected chi connectivity index (χ4v) is 3.48. The van der Waals surface area contributed by atoms with Gasteiger partial charge in [0.1, 0.15) is 0 Å². The summed E-state index contributed by atoms with van der Waals surface area (Å²) in [4.78, 5) is 31.2. The molecule has 12 heteroatoms. The second-order valence-electron chi connectivity index (χ2n) is 7.44. The molecule has 0 aliphatic rings. The third-order valence-corrected chi connectivity index (χ3v) is 6.08. The normalized spacial score (nSPS) is 13.7. The fourth-order valence-electron chi connectivity index (χ4n) is 2.82. The molecular formula is C20H40NaO9PS. The molecule has 0 radical (unpaired) electrons. The molecule has 0 heterocycles. The van der Waals surface area contributed by atoms with Gasteiger partial charge in [-0.2, -0.15) is 8.42 Å². The van der Waals surface area contributed by atoms with Crippen LogP contribution in [0.25, 0.3) is 0 Å². The molecule has 0 spiro atoms. The number of unbranched alkanes of at least 4 members (excludes halogenated alkanes) is 2. The van der Waals surface area contributed by atoms with E-state index in [4.69, 9.17) is 18.9 Å². The Morgan fingerprint density at radius 2 is 1.34 bits per heavy atom. The molecule has 0 amide bonds. The predicted molar refractivity (Wildman–Crippen MR) is 119 cm³/mol. The molecular weight excluding hydrogens is 470 g/mol. The van der Waals surface area contributed by atoms with E-state index >= 15 is 0 Å². The van der Waals surface area contributed by atoms with Gasteiger partial charge in [-0.25, -0.2) is 4.57 Å². The molecule has 0 aliphatic heterocycles. The summed E-state index contributed by atoms with van der Waals surface area (Å²) in [5.41, 5.74) is 0. The van der Waals surface area contributed by atoms with Gasteiger partial charge in [0.2, 0.25) is 0 Å². The minimum absolute atomic E-state index is 0. The van der Waals surface area contributed by atoms with Crippen molar-refractivity contribution in [2.75, 3.05) is 13.2 Å². The van der Waals surface area contributed by atoms with Crippen LogP contribution >= 0.6 is 8.69 Å². The van der Waals surface area contributed by atoms with Crippen LogP contribution in [0.1, 0.15) is 86.9 Å². The summed E-state index contributed by atoms with van der Waals surface area (Å²) < 4.78 is 51.2. The zero-order valence-electron chi connectivity index (χ0n) is 21.1. The van der Waals surface area contributed by atoms with E-state index in [0.717, 1.165) is 51.4 Å². The van der Waals surface area contributed by atoms with Crippen molar-refractivity contribution in [1.82, 2.24) is 0 Å². The molecule has 0 saturated heterocycles. The van der Waals surface area contributed by atoms with Crippen LogP contribution in [0.3, 0.4) is 0 Å². The quantitative estimate of drug-likeness (QED) is 0.136. The Hall–Kier alpha value is -0.0900. The smallest absolute Gasteiger partial charge is 1.00 e. The van der Waals surface area contributed by atoms with Gasteiger partial charge in [0.15, 0.2) is 5.25 Å². The van der Waals surface area contributed by atoms with Crippen molar-refractivity contribution in [3.8, 4) is 0 Å². The van der Waals surface area contributed by atoms with Gasteiger partial charge in [0, 0.05) is 0 Å². The van der Waals surface area contributed by atoms with E-state index in [-0.39, 0.29) is 56.0 Å². The summed E-state index contributed by atoms with van der Waals surface area (Å²) in [5.74, 6) is -1.61. The fraction of sp³-hybridized carbons (Fsp3) is 0.900. The van der Waals surface area contributed by atoms with E-state index in [2.05, 4.69) is 13.8 Å². The average Bonchev–Trinajstić information content (AvgIpc) is 2.71. The van der Waals surface area contributed by atoms with Crippen LogP contribution in [0.2, 0.25) is 0 Å². The summed E-state index contributed by atoms with van der Waals surface area (Å²) in [7, 11) is -5.60. The first-order chi connectivity index (χ1) is 14.6. The first-order valence-corrected chi connectivity index (χ1v) is 13.1. The monoisotopic (exact) mass is 510 g/mol. The first kappa shape index (κ1) is 36.5. The van der Waals surface area contributed by atoms with Crippen molar-refractivity contribution in [3.63, 3.8) is 0 Å². The van der Waals surface area contributed by atoms with Crippen molar-refractivity contribution in [2.45, 2.75) is 90.7 Å². The van der Waals surface area contributed by atoms with E-state index in [0.29, 0.717) is 0 Å². The summed E-state index contributed by atoms with van der Waals surface area (Å²) >= 11 is 0. The van der Waals surface area contributed by atoms with Gasteiger partial charge in [-0.05, 0) is 24.7 Å². The number of carbonyl (C=O) groups excluding carboxylic acids is 2. The molecule has 0 aromatic heterocycles. The van der Waals surface area contributed by atoms with Gasteiger partial charge in [0.05, 0.1) is 19.6 Å². The van der Waals surface area contributed by atoms with Gasteiger partial charge in [-0.15, -0.1) is 0 Å². The average molecular weight is 511 g/mol. The maximum Gasteiger partial charge on any atom is 1.00 e. The molecule has 2 N–H and O–H groups in total. The molecule has 0 bridgehead atoms. The molecule has 0 saturated carbocycles. The Kier molecular flexibility index (Phi) is 25.9. The van der Waals surface area contributed by atoms with Crippen molar-refractivity contribution in [1.29, 1.82) is 0 Å². The van der Waals surface area contributed by atoms with E-state index < -0.39 is 42.4 Å². The maximum atomic E-state index is 12.2. The zero-order valence-corrected chi connectivity index (χ0v) is 23.8. The van der Waals surface area contributed by atoms with E-state index in [1.165, 1.54) is 0 Å². The van der Waals surface area contributed by atoms with Crippen LogP contribution in [-0.2, 0) is 33.7 Å². The van der Waals surface area contributed by atoms with Gasteiger partial charge >= 0.3 is 50.2 Å². The minimum Gasteiger partial charge on any atom is -1.00 e. The van der Waals surface area contributed by atoms with Crippen molar-refractivity contribution in [3.05, 3.63) is 0 Å². The van der Waals surface area contributed by atoms with Crippen LogP contribution in [0.5, 0.6) is 0 Å². The van der Waals surface area contributed by atoms with Crippen molar-refractivity contribution >= 4 is 30.7 Å². The second kappa shape index (κ2) is 22.7. The standard InChI is InChI=1S/C20H38O7S.Na.HO2P.H/c1-5-9-11-16(7-3)14-26-19(21)13-18(28(23,24)25)20(22)27-15-17(8-4)12-10-6-2;;1-3-2;/h16-18H,5-15H2,1-4H3,(H,23,24,25);;(H,1,2);/q;+1;;-1. The van der Waals surface area contributed by atoms with Gasteiger partial charge < -0.3 is 15.8 Å². The summed E-state index contributed by atoms with van der Waals surface area (Å²) in [5, 5.41) is -1.95. The first-order valence-electron chi connectivity index (χ1n) is 10.9. The van der Waals surface area contributed by atoms with Gasteiger partial charge in [-0.1, -0.05) is 66.2 Å².